The van der Waals surface area contributed by atoms with Gasteiger partial charge in [0.05, 0.1) is 5.52 Å². The number of hydrogen-bond acceptors (Lipinski definition) is 3. The third-order valence-corrected chi connectivity index (χ3v) is 4.40. The van der Waals surface area contributed by atoms with Gasteiger partial charge < -0.3 is 10.6 Å². The summed E-state index contributed by atoms with van der Waals surface area (Å²) in [6, 6.07) is 10.6. The Morgan fingerprint density at radius 2 is 2.30 bits per heavy atom. The molecule has 0 radical (unpaired) electrons. The number of pyridine rings is 1. The number of hydrogen-bond donors (Lipinski definition) is 1. The van der Waals surface area contributed by atoms with Gasteiger partial charge in [-0.3, -0.25) is 4.98 Å². The predicted octanol–water partition coefficient (Wildman–Crippen LogP) is 2.97. The number of rotatable bonds is 4. The van der Waals surface area contributed by atoms with E-state index in [1.165, 1.54) is 11.1 Å². The van der Waals surface area contributed by atoms with Gasteiger partial charge in [-0.05, 0) is 31.0 Å². The van der Waals surface area contributed by atoms with E-state index < -0.39 is 0 Å². The number of nitrogens with zero attached hydrogens (tertiary/aromatic N) is 2. The summed E-state index contributed by atoms with van der Waals surface area (Å²) < 4.78 is 0. The second-order valence-corrected chi connectivity index (χ2v) is 5.75. The Morgan fingerprint density at radius 1 is 1.40 bits per heavy atom. The van der Waals surface area contributed by atoms with Gasteiger partial charge in [0.2, 0.25) is 0 Å². The molecule has 0 spiro atoms. The topological polar surface area (TPSA) is 42.1 Å². The average Bonchev–Trinajstić information content (AvgIpc) is 2.92. The first-order valence-electron chi connectivity index (χ1n) is 7.17. The first kappa shape index (κ1) is 13.1. The van der Waals surface area contributed by atoms with Gasteiger partial charge in [-0.1, -0.05) is 18.2 Å². The second-order valence-electron chi connectivity index (χ2n) is 5.75. The van der Waals surface area contributed by atoms with Crippen LogP contribution < -0.4 is 10.6 Å². The maximum absolute atomic E-state index is 6.00. The Bertz CT molecular complexity index is 622. The Kier molecular flexibility index (Phi) is 3.45. The molecule has 104 valence electrons. The Morgan fingerprint density at radius 3 is 3.10 bits per heavy atom. The van der Waals surface area contributed by atoms with Gasteiger partial charge in [0.1, 0.15) is 0 Å². The zero-order valence-electron chi connectivity index (χ0n) is 11.8. The van der Waals surface area contributed by atoms with E-state index in [9.17, 15) is 0 Å². The molecule has 2 N–H and O–H groups in total. The SMILES string of the molecule is C=CCC1(CN)CCN(c2ccc3cccnc3c2)C1. The second kappa shape index (κ2) is 5.25. The maximum Gasteiger partial charge on any atom is 0.0722 e. The van der Waals surface area contributed by atoms with Crippen LogP contribution in [-0.4, -0.2) is 24.6 Å². The summed E-state index contributed by atoms with van der Waals surface area (Å²) in [7, 11) is 0. The summed E-state index contributed by atoms with van der Waals surface area (Å²) in [5, 5.41) is 1.19. The molecule has 3 rings (SSSR count). The van der Waals surface area contributed by atoms with Gasteiger partial charge >= 0.3 is 0 Å². The van der Waals surface area contributed by atoms with Crippen molar-refractivity contribution in [3.63, 3.8) is 0 Å². The summed E-state index contributed by atoms with van der Waals surface area (Å²) in [5.41, 5.74) is 8.49. The fourth-order valence-electron chi connectivity index (χ4n) is 3.13. The molecule has 20 heavy (non-hydrogen) atoms. The molecule has 1 atom stereocenters. The van der Waals surface area contributed by atoms with Crippen molar-refractivity contribution < 1.29 is 0 Å². The van der Waals surface area contributed by atoms with Crippen molar-refractivity contribution in [3.8, 4) is 0 Å². The molecule has 0 aliphatic carbocycles. The van der Waals surface area contributed by atoms with Crippen molar-refractivity contribution in [1.29, 1.82) is 0 Å². The summed E-state index contributed by atoms with van der Waals surface area (Å²) in [5.74, 6) is 0. The van der Waals surface area contributed by atoms with Crippen LogP contribution in [0.5, 0.6) is 0 Å². The van der Waals surface area contributed by atoms with Crippen molar-refractivity contribution >= 4 is 16.6 Å². The van der Waals surface area contributed by atoms with E-state index in [0.717, 1.165) is 38.0 Å². The minimum Gasteiger partial charge on any atom is -0.371 e. The van der Waals surface area contributed by atoms with Crippen LogP contribution in [0.2, 0.25) is 0 Å². The molecule has 2 aromatic rings. The predicted molar refractivity (Wildman–Crippen MR) is 84.9 cm³/mol. The van der Waals surface area contributed by atoms with Crippen LogP contribution in [0.25, 0.3) is 10.9 Å². The van der Waals surface area contributed by atoms with Crippen molar-refractivity contribution in [2.24, 2.45) is 11.1 Å². The fourth-order valence-corrected chi connectivity index (χ4v) is 3.13. The summed E-state index contributed by atoms with van der Waals surface area (Å²) >= 11 is 0. The molecular formula is C17H21N3. The van der Waals surface area contributed by atoms with Crippen LogP contribution in [0.1, 0.15) is 12.8 Å². The maximum atomic E-state index is 6.00. The molecule has 3 nitrogen and oxygen atoms in total. The van der Waals surface area contributed by atoms with Crippen LogP contribution in [0.4, 0.5) is 5.69 Å². The van der Waals surface area contributed by atoms with E-state index >= 15 is 0 Å². The lowest BCUT2D eigenvalue weighted by Crippen LogP contribution is -2.33. The lowest BCUT2D eigenvalue weighted by atomic mass is 9.84. The van der Waals surface area contributed by atoms with Crippen molar-refractivity contribution in [3.05, 3.63) is 49.2 Å². The molecule has 1 aliphatic heterocycles. The molecule has 1 fully saturated rings. The minimum absolute atomic E-state index is 0.195. The monoisotopic (exact) mass is 267 g/mol. The molecule has 1 unspecified atom stereocenters. The zero-order chi connectivity index (χ0) is 14.0. The summed E-state index contributed by atoms with van der Waals surface area (Å²) in [4.78, 5) is 6.86. The molecular weight excluding hydrogens is 246 g/mol. The van der Waals surface area contributed by atoms with Gasteiger partial charge in [0.15, 0.2) is 0 Å². The number of fused-ring (bicyclic) bond motifs is 1. The van der Waals surface area contributed by atoms with E-state index in [2.05, 4.69) is 40.7 Å². The van der Waals surface area contributed by atoms with Crippen molar-refractivity contribution in [2.45, 2.75) is 12.8 Å². The summed E-state index contributed by atoms with van der Waals surface area (Å²) in [6.45, 7) is 6.66. The quantitative estimate of drug-likeness (QED) is 0.866. The van der Waals surface area contributed by atoms with Gasteiger partial charge in [-0.15, -0.1) is 6.58 Å². The van der Waals surface area contributed by atoms with Gasteiger partial charge in [0, 0.05) is 42.3 Å². The molecule has 1 aromatic carbocycles. The first-order valence-corrected chi connectivity index (χ1v) is 7.17. The number of allylic oxidation sites excluding steroid dienone is 1. The number of aromatic nitrogens is 1. The number of anilines is 1. The van der Waals surface area contributed by atoms with Crippen molar-refractivity contribution in [1.82, 2.24) is 4.98 Å². The van der Waals surface area contributed by atoms with Crippen molar-refractivity contribution in [2.75, 3.05) is 24.5 Å². The third kappa shape index (κ3) is 2.29. The lowest BCUT2D eigenvalue weighted by molar-refractivity contribution is 0.344. The standard InChI is InChI=1S/C17H21N3/c1-2-7-17(12-18)8-10-20(13-17)15-6-5-14-4-3-9-19-16(14)11-15/h2-6,9,11H,1,7-8,10,12-13,18H2. The minimum atomic E-state index is 0.195. The molecule has 1 aliphatic rings. The molecule has 3 heteroatoms. The van der Waals surface area contributed by atoms with E-state index in [0.29, 0.717) is 0 Å². The first-order chi connectivity index (χ1) is 9.76. The highest BCUT2D eigenvalue weighted by Crippen LogP contribution is 2.36. The van der Waals surface area contributed by atoms with E-state index in [1.807, 2.05) is 18.3 Å². The van der Waals surface area contributed by atoms with Gasteiger partial charge in [-0.2, -0.15) is 0 Å². The summed E-state index contributed by atoms with van der Waals surface area (Å²) in [6.07, 6.45) is 5.97. The van der Waals surface area contributed by atoms with Crippen LogP contribution in [0.3, 0.4) is 0 Å². The van der Waals surface area contributed by atoms with E-state index in [4.69, 9.17) is 5.73 Å². The van der Waals surface area contributed by atoms with Crippen LogP contribution in [0.15, 0.2) is 49.2 Å². The van der Waals surface area contributed by atoms with Gasteiger partial charge in [-0.25, -0.2) is 0 Å². The molecule has 1 saturated heterocycles. The van der Waals surface area contributed by atoms with E-state index in [-0.39, 0.29) is 5.41 Å². The fraction of sp³-hybridized carbons (Fsp3) is 0.353. The molecule has 1 aromatic heterocycles. The smallest absolute Gasteiger partial charge is 0.0722 e. The lowest BCUT2D eigenvalue weighted by Gasteiger charge is -2.27. The molecule has 0 saturated carbocycles. The van der Waals surface area contributed by atoms with Crippen LogP contribution in [-0.2, 0) is 0 Å². The highest BCUT2D eigenvalue weighted by atomic mass is 15.2. The highest BCUT2D eigenvalue weighted by molar-refractivity contribution is 5.82. The largest absolute Gasteiger partial charge is 0.371 e. The Labute approximate surface area is 120 Å². The normalized spacial score (nSPS) is 22.4. The zero-order valence-corrected chi connectivity index (χ0v) is 11.8. The third-order valence-electron chi connectivity index (χ3n) is 4.40. The molecule has 2 heterocycles. The number of benzene rings is 1. The van der Waals surface area contributed by atoms with E-state index in [1.54, 1.807) is 0 Å². The molecule has 0 amide bonds. The Hall–Kier alpha value is -1.87. The Balaban J connectivity index is 1.87. The molecule has 0 bridgehead atoms. The van der Waals surface area contributed by atoms with Crippen LogP contribution in [0, 0.1) is 5.41 Å². The highest BCUT2D eigenvalue weighted by Gasteiger charge is 2.35. The number of nitrogens with two attached hydrogens (primary N) is 1. The van der Waals surface area contributed by atoms with Gasteiger partial charge in [0.25, 0.3) is 0 Å². The average molecular weight is 267 g/mol. The van der Waals surface area contributed by atoms with Crippen LogP contribution >= 0.6 is 0 Å².